The summed E-state index contributed by atoms with van der Waals surface area (Å²) < 4.78 is 4.95. The van der Waals surface area contributed by atoms with Gasteiger partial charge in [-0.2, -0.15) is 0 Å². The average molecular weight is 314 g/mol. The number of carbonyl (C=O) groups is 1. The molecule has 0 saturated carbocycles. The molecule has 0 spiro atoms. The number of aryl methyl sites for hydroxylation is 3. The standard InChI is InChI=1S/C17H22N4O2/c1-11-7-12(2)16(13(3)8-11)21-17(22)14-9-20-15(10-19-14)18-5-6-23-4/h7-10H,5-6H2,1-4H3,(H,18,20)(H,21,22). The van der Waals surface area contributed by atoms with Gasteiger partial charge in [0.25, 0.3) is 5.91 Å². The highest BCUT2D eigenvalue weighted by Gasteiger charge is 2.12. The second-order valence-corrected chi connectivity index (χ2v) is 5.43. The highest BCUT2D eigenvalue weighted by Crippen LogP contribution is 2.22. The molecule has 23 heavy (non-hydrogen) atoms. The molecule has 1 aromatic carbocycles. The molecule has 0 bridgehead atoms. The molecular weight excluding hydrogens is 292 g/mol. The van der Waals surface area contributed by atoms with E-state index in [0.29, 0.717) is 19.0 Å². The molecule has 2 N–H and O–H groups in total. The Morgan fingerprint density at radius 3 is 2.39 bits per heavy atom. The van der Waals surface area contributed by atoms with Crippen molar-refractivity contribution in [1.29, 1.82) is 0 Å². The molecule has 0 fully saturated rings. The minimum absolute atomic E-state index is 0.268. The number of hydrogen-bond acceptors (Lipinski definition) is 5. The van der Waals surface area contributed by atoms with Crippen LogP contribution in [0.25, 0.3) is 0 Å². The van der Waals surface area contributed by atoms with Crippen molar-refractivity contribution in [2.75, 3.05) is 30.9 Å². The molecule has 0 aliphatic carbocycles. The van der Waals surface area contributed by atoms with E-state index in [-0.39, 0.29) is 11.6 Å². The number of aromatic nitrogens is 2. The minimum atomic E-state index is -0.268. The average Bonchev–Trinajstić information content (AvgIpc) is 2.51. The van der Waals surface area contributed by atoms with Crippen molar-refractivity contribution in [1.82, 2.24) is 9.97 Å². The summed E-state index contributed by atoms with van der Waals surface area (Å²) in [6.07, 6.45) is 3.00. The van der Waals surface area contributed by atoms with Crippen LogP contribution in [-0.4, -0.2) is 36.1 Å². The number of nitrogens with one attached hydrogen (secondary N) is 2. The number of hydrogen-bond donors (Lipinski definition) is 2. The van der Waals surface area contributed by atoms with Crippen LogP contribution in [0.3, 0.4) is 0 Å². The van der Waals surface area contributed by atoms with Crippen LogP contribution in [0.4, 0.5) is 11.5 Å². The fraction of sp³-hybridized carbons (Fsp3) is 0.353. The molecule has 1 amide bonds. The van der Waals surface area contributed by atoms with Gasteiger partial charge in [0, 0.05) is 19.3 Å². The van der Waals surface area contributed by atoms with E-state index in [1.807, 2.05) is 32.9 Å². The van der Waals surface area contributed by atoms with Crippen molar-refractivity contribution in [3.8, 4) is 0 Å². The molecule has 0 radical (unpaired) electrons. The number of amides is 1. The Morgan fingerprint density at radius 2 is 1.83 bits per heavy atom. The van der Waals surface area contributed by atoms with Crippen molar-refractivity contribution in [3.05, 3.63) is 46.9 Å². The maximum atomic E-state index is 12.3. The van der Waals surface area contributed by atoms with Gasteiger partial charge in [0.1, 0.15) is 11.5 Å². The molecule has 122 valence electrons. The van der Waals surface area contributed by atoms with E-state index in [4.69, 9.17) is 4.74 Å². The summed E-state index contributed by atoms with van der Waals surface area (Å²) in [6, 6.07) is 4.08. The zero-order chi connectivity index (χ0) is 16.8. The van der Waals surface area contributed by atoms with Crippen molar-refractivity contribution in [2.24, 2.45) is 0 Å². The van der Waals surface area contributed by atoms with Crippen LogP contribution in [0.5, 0.6) is 0 Å². The Labute approximate surface area is 136 Å². The summed E-state index contributed by atoms with van der Waals surface area (Å²) in [4.78, 5) is 20.7. The molecule has 2 aromatic rings. The van der Waals surface area contributed by atoms with Gasteiger partial charge in [-0.1, -0.05) is 17.7 Å². The first-order valence-electron chi connectivity index (χ1n) is 7.45. The quantitative estimate of drug-likeness (QED) is 0.802. The van der Waals surface area contributed by atoms with Gasteiger partial charge in [0.2, 0.25) is 0 Å². The molecule has 0 aliphatic rings. The van der Waals surface area contributed by atoms with Crippen LogP contribution in [-0.2, 0) is 4.74 Å². The van der Waals surface area contributed by atoms with E-state index in [9.17, 15) is 4.79 Å². The van der Waals surface area contributed by atoms with Gasteiger partial charge in [-0.05, 0) is 31.9 Å². The van der Waals surface area contributed by atoms with Crippen molar-refractivity contribution < 1.29 is 9.53 Å². The number of anilines is 2. The fourth-order valence-corrected chi connectivity index (χ4v) is 2.37. The third kappa shape index (κ3) is 4.50. The first-order chi connectivity index (χ1) is 11.0. The van der Waals surface area contributed by atoms with E-state index in [1.54, 1.807) is 13.3 Å². The van der Waals surface area contributed by atoms with Gasteiger partial charge in [-0.3, -0.25) is 4.79 Å². The molecule has 1 aromatic heterocycles. The minimum Gasteiger partial charge on any atom is -0.383 e. The topological polar surface area (TPSA) is 76.1 Å². The first kappa shape index (κ1) is 16.9. The molecule has 6 nitrogen and oxygen atoms in total. The lowest BCUT2D eigenvalue weighted by Crippen LogP contribution is -2.16. The predicted molar refractivity (Wildman–Crippen MR) is 91.0 cm³/mol. The SMILES string of the molecule is COCCNc1cnc(C(=O)Nc2c(C)cc(C)cc2C)cn1. The second-order valence-electron chi connectivity index (χ2n) is 5.43. The van der Waals surface area contributed by atoms with E-state index >= 15 is 0 Å². The van der Waals surface area contributed by atoms with Crippen LogP contribution in [0.15, 0.2) is 24.5 Å². The summed E-state index contributed by atoms with van der Waals surface area (Å²) in [6.45, 7) is 7.20. The molecule has 1 heterocycles. The van der Waals surface area contributed by atoms with Gasteiger partial charge in [-0.15, -0.1) is 0 Å². The molecule has 0 unspecified atom stereocenters. The Bertz CT molecular complexity index is 660. The Hall–Kier alpha value is -2.47. The summed E-state index contributed by atoms with van der Waals surface area (Å²) in [5.41, 5.74) is 4.33. The molecule has 0 atom stereocenters. The summed E-state index contributed by atoms with van der Waals surface area (Å²) in [5.74, 6) is 0.345. The van der Waals surface area contributed by atoms with Gasteiger partial charge in [0.05, 0.1) is 19.0 Å². The van der Waals surface area contributed by atoms with E-state index in [0.717, 1.165) is 16.8 Å². The van der Waals surface area contributed by atoms with Crippen LogP contribution >= 0.6 is 0 Å². The normalized spacial score (nSPS) is 10.4. The van der Waals surface area contributed by atoms with Crippen LogP contribution in [0, 0.1) is 20.8 Å². The van der Waals surface area contributed by atoms with Crippen molar-refractivity contribution in [2.45, 2.75) is 20.8 Å². The van der Waals surface area contributed by atoms with E-state index in [2.05, 4.69) is 20.6 Å². The summed E-state index contributed by atoms with van der Waals surface area (Å²) in [7, 11) is 1.63. The Balaban J connectivity index is 2.06. The van der Waals surface area contributed by atoms with Gasteiger partial charge < -0.3 is 15.4 Å². The predicted octanol–water partition coefficient (Wildman–Crippen LogP) is 2.71. The molecule has 0 saturated heterocycles. The lowest BCUT2D eigenvalue weighted by molar-refractivity contribution is 0.102. The van der Waals surface area contributed by atoms with Crippen molar-refractivity contribution in [3.63, 3.8) is 0 Å². The monoisotopic (exact) mass is 314 g/mol. The summed E-state index contributed by atoms with van der Waals surface area (Å²) >= 11 is 0. The third-order valence-corrected chi connectivity index (χ3v) is 3.41. The lowest BCUT2D eigenvalue weighted by Gasteiger charge is -2.12. The molecule has 0 aliphatic heterocycles. The second kappa shape index (κ2) is 7.69. The Kier molecular flexibility index (Phi) is 5.65. The highest BCUT2D eigenvalue weighted by molar-refractivity contribution is 6.03. The first-order valence-corrected chi connectivity index (χ1v) is 7.45. The number of ether oxygens (including phenoxy) is 1. The van der Waals surface area contributed by atoms with E-state index in [1.165, 1.54) is 11.8 Å². The van der Waals surface area contributed by atoms with Gasteiger partial charge in [0.15, 0.2) is 0 Å². The van der Waals surface area contributed by atoms with Crippen LogP contribution in [0.2, 0.25) is 0 Å². The summed E-state index contributed by atoms with van der Waals surface area (Å²) in [5, 5.41) is 5.97. The number of carbonyl (C=O) groups excluding carboxylic acids is 1. The lowest BCUT2D eigenvalue weighted by atomic mass is 10.1. The Morgan fingerprint density at radius 1 is 1.13 bits per heavy atom. The fourth-order valence-electron chi connectivity index (χ4n) is 2.37. The maximum Gasteiger partial charge on any atom is 0.275 e. The van der Waals surface area contributed by atoms with Crippen molar-refractivity contribution >= 4 is 17.4 Å². The smallest absolute Gasteiger partial charge is 0.275 e. The zero-order valence-electron chi connectivity index (χ0n) is 13.9. The third-order valence-electron chi connectivity index (χ3n) is 3.41. The van der Waals surface area contributed by atoms with Gasteiger partial charge >= 0.3 is 0 Å². The number of benzene rings is 1. The van der Waals surface area contributed by atoms with Crippen LogP contribution < -0.4 is 10.6 Å². The number of nitrogens with zero attached hydrogens (tertiary/aromatic N) is 2. The number of methoxy groups -OCH3 is 1. The highest BCUT2D eigenvalue weighted by atomic mass is 16.5. The van der Waals surface area contributed by atoms with Gasteiger partial charge in [-0.25, -0.2) is 9.97 Å². The zero-order valence-corrected chi connectivity index (χ0v) is 13.9. The molecular formula is C17H22N4O2. The molecule has 6 heteroatoms. The van der Waals surface area contributed by atoms with Crippen LogP contribution in [0.1, 0.15) is 27.2 Å². The largest absolute Gasteiger partial charge is 0.383 e. The van der Waals surface area contributed by atoms with E-state index < -0.39 is 0 Å². The maximum absolute atomic E-state index is 12.3. The number of rotatable bonds is 6. The molecule has 2 rings (SSSR count).